The zero-order valence-electron chi connectivity index (χ0n) is 18.0. The monoisotopic (exact) mass is 440 g/mol. The molecule has 2 heterocycles. The molecule has 3 rings (SSSR count). The van der Waals surface area contributed by atoms with Gasteiger partial charge in [-0.1, -0.05) is 6.92 Å². The van der Waals surface area contributed by atoms with E-state index in [0.29, 0.717) is 19.6 Å². The van der Waals surface area contributed by atoms with Gasteiger partial charge in [0.05, 0.1) is 5.56 Å². The van der Waals surface area contributed by atoms with Crippen LogP contribution in [0.1, 0.15) is 42.1 Å². The van der Waals surface area contributed by atoms with Gasteiger partial charge in [-0.15, -0.1) is 0 Å². The van der Waals surface area contributed by atoms with Gasteiger partial charge in [0.2, 0.25) is 5.91 Å². The maximum absolute atomic E-state index is 13.2. The lowest BCUT2D eigenvalue weighted by molar-refractivity contribution is -0.137. The van der Waals surface area contributed by atoms with Crippen molar-refractivity contribution in [3.63, 3.8) is 0 Å². The number of hydrogen-bond donors (Lipinski definition) is 1. The zero-order valence-corrected chi connectivity index (χ0v) is 18.0. The van der Waals surface area contributed by atoms with Crippen molar-refractivity contribution in [3.8, 4) is 0 Å². The molecule has 1 atom stereocenters. The molecule has 9 heteroatoms. The first kappa shape index (κ1) is 23.5. The van der Waals surface area contributed by atoms with Crippen molar-refractivity contribution in [3.05, 3.63) is 35.4 Å². The third-order valence-electron chi connectivity index (χ3n) is 6.15. The number of amides is 2. The Kier molecular flexibility index (Phi) is 7.94. The van der Waals surface area contributed by atoms with Crippen molar-refractivity contribution in [1.82, 2.24) is 20.0 Å². The summed E-state index contributed by atoms with van der Waals surface area (Å²) < 4.78 is 38.6. The Morgan fingerprint density at radius 1 is 1.13 bits per heavy atom. The molecule has 0 aromatic heterocycles. The molecule has 1 aromatic carbocycles. The summed E-state index contributed by atoms with van der Waals surface area (Å²) in [5.41, 5.74) is -0.568. The first-order valence-electron chi connectivity index (χ1n) is 11.0. The summed E-state index contributed by atoms with van der Waals surface area (Å²) in [6, 6.07) is 4.53. The number of piperazine rings is 1. The fourth-order valence-corrected chi connectivity index (χ4v) is 4.34. The minimum absolute atomic E-state index is 0.00508. The second-order valence-electron chi connectivity index (χ2n) is 8.13. The molecule has 1 N–H and O–H groups in total. The van der Waals surface area contributed by atoms with Gasteiger partial charge in [-0.25, -0.2) is 0 Å². The van der Waals surface area contributed by atoms with Crippen molar-refractivity contribution in [2.24, 2.45) is 0 Å². The predicted molar refractivity (Wildman–Crippen MR) is 112 cm³/mol. The number of benzene rings is 1. The maximum atomic E-state index is 13.2. The first-order valence-corrected chi connectivity index (χ1v) is 11.0. The van der Waals surface area contributed by atoms with Crippen LogP contribution in [0, 0.1) is 0 Å². The molecule has 0 aliphatic carbocycles. The highest BCUT2D eigenvalue weighted by atomic mass is 19.4. The lowest BCUT2D eigenvalue weighted by Gasteiger charge is -2.32. The summed E-state index contributed by atoms with van der Waals surface area (Å²) in [6.45, 7) is 7.49. The highest BCUT2D eigenvalue weighted by molar-refractivity contribution is 5.94. The Bertz CT molecular complexity index is 748. The fourth-order valence-electron chi connectivity index (χ4n) is 4.34. The zero-order chi connectivity index (χ0) is 22.4. The minimum atomic E-state index is -4.44. The molecule has 2 aliphatic heterocycles. The van der Waals surface area contributed by atoms with E-state index in [9.17, 15) is 22.8 Å². The number of nitrogens with one attached hydrogen (secondary N) is 1. The largest absolute Gasteiger partial charge is 0.416 e. The molecule has 0 saturated carbocycles. The molecular weight excluding hydrogens is 409 g/mol. The molecule has 2 fully saturated rings. The summed E-state index contributed by atoms with van der Waals surface area (Å²) >= 11 is 0. The Morgan fingerprint density at radius 3 is 2.42 bits per heavy atom. The van der Waals surface area contributed by atoms with E-state index in [0.717, 1.165) is 51.2 Å². The number of hydrogen-bond acceptors (Lipinski definition) is 4. The van der Waals surface area contributed by atoms with E-state index in [2.05, 4.69) is 17.1 Å². The summed E-state index contributed by atoms with van der Waals surface area (Å²) in [7, 11) is 0. The van der Waals surface area contributed by atoms with Crippen LogP contribution in [0.5, 0.6) is 0 Å². The van der Waals surface area contributed by atoms with E-state index in [-0.39, 0.29) is 36.4 Å². The van der Waals surface area contributed by atoms with Gasteiger partial charge in [0.1, 0.15) is 0 Å². The minimum Gasteiger partial charge on any atom is -0.340 e. The molecule has 2 saturated heterocycles. The van der Waals surface area contributed by atoms with Crippen molar-refractivity contribution in [1.29, 1.82) is 0 Å². The first-order chi connectivity index (χ1) is 14.8. The number of likely N-dealkylation sites (tertiary alicyclic amines) is 1. The van der Waals surface area contributed by atoms with Crippen LogP contribution in [0.15, 0.2) is 24.3 Å². The Hall–Kier alpha value is -2.13. The van der Waals surface area contributed by atoms with Crippen molar-refractivity contribution < 1.29 is 22.8 Å². The molecule has 1 aromatic rings. The van der Waals surface area contributed by atoms with Crippen molar-refractivity contribution in [2.45, 2.75) is 38.4 Å². The SMILES string of the molecule is CCN1CCC[C@H]1CN(CCC(=O)N1CCNCC1)C(=O)c1ccc(C(F)(F)F)cc1. The number of alkyl halides is 3. The molecule has 6 nitrogen and oxygen atoms in total. The summed E-state index contributed by atoms with van der Waals surface area (Å²) in [5, 5.41) is 3.20. The van der Waals surface area contributed by atoms with Crippen molar-refractivity contribution in [2.75, 3.05) is 52.4 Å². The number of halogens is 3. The van der Waals surface area contributed by atoms with Gasteiger partial charge in [-0.2, -0.15) is 13.2 Å². The number of carbonyl (C=O) groups is 2. The normalized spacial score (nSPS) is 20.1. The topological polar surface area (TPSA) is 55.9 Å². The number of rotatable bonds is 7. The van der Waals surface area contributed by atoms with Crippen LogP contribution in [0.25, 0.3) is 0 Å². The molecule has 0 unspecified atom stereocenters. The summed E-state index contributed by atoms with van der Waals surface area (Å²) in [6.07, 6.45) is -2.20. The van der Waals surface area contributed by atoms with E-state index in [1.165, 1.54) is 12.1 Å². The number of nitrogens with zero attached hydrogens (tertiary/aromatic N) is 3. The van der Waals surface area contributed by atoms with Gasteiger partial charge in [0.25, 0.3) is 5.91 Å². The number of likely N-dealkylation sites (N-methyl/N-ethyl adjacent to an activating group) is 1. The highest BCUT2D eigenvalue weighted by Gasteiger charge is 2.31. The Morgan fingerprint density at radius 2 is 1.81 bits per heavy atom. The lowest BCUT2D eigenvalue weighted by atomic mass is 10.1. The van der Waals surface area contributed by atoms with Gasteiger partial charge in [0.15, 0.2) is 0 Å². The Balaban J connectivity index is 1.71. The smallest absolute Gasteiger partial charge is 0.340 e. The molecule has 2 amide bonds. The van der Waals surface area contributed by atoms with E-state index in [1.807, 2.05) is 0 Å². The molecule has 172 valence electrons. The lowest BCUT2D eigenvalue weighted by Crippen LogP contribution is -2.48. The third-order valence-corrected chi connectivity index (χ3v) is 6.15. The number of carbonyl (C=O) groups excluding carboxylic acids is 2. The van der Waals surface area contributed by atoms with Crippen LogP contribution in [-0.4, -0.2) is 84.9 Å². The van der Waals surface area contributed by atoms with E-state index in [4.69, 9.17) is 0 Å². The molecule has 2 aliphatic rings. The average molecular weight is 441 g/mol. The van der Waals surface area contributed by atoms with Crippen molar-refractivity contribution >= 4 is 11.8 Å². The van der Waals surface area contributed by atoms with Crippen LogP contribution < -0.4 is 5.32 Å². The van der Waals surface area contributed by atoms with Gasteiger partial charge in [-0.05, 0) is 50.2 Å². The van der Waals surface area contributed by atoms with Crippen LogP contribution in [0.2, 0.25) is 0 Å². The van der Waals surface area contributed by atoms with E-state index < -0.39 is 11.7 Å². The second-order valence-corrected chi connectivity index (χ2v) is 8.13. The van der Waals surface area contributed by atoms with Gasteiger partial charge < -0.3 is 15.1 Å². The molecule has 31 heavy (non-hydrogen) atoms. The fraction of sp³-hybridized carbons (Fsp3) is 0.636. The quantitative estimate of drug-likeness (QED) is 0.708. The standard InChI is InChI=1S/C22H31F3N4O2/c1-2-27-12-3-4-19(27)16-29(13-9-20(30)28-14-10-26-11-15-28)21(31)17-5-7-18(8-6-17)22(23,24)25/h5-8,19,26H,2-4,9-16H2,1H3/t19-/m0/s1. The predicted octanol–water partition coefficient (Wildman–Crippen LogP) is 2.45. The average Bonchev–Trinajstić information content (AvgIpc) is 3.23. The van der Waals surface area contributed by atoms with E-state index >= 15 is 0 Å². The molecule has 0 bridgehead atoms. The molecule has 0 spiro atoms. The van der Waals surface area contributed by atoms with Crippen LogP contribution in [-0.2, 0) is 11.0 Å². The summed E-state index contributed by atoms with van der Waals surface area (Å²) in [5.74, 6) is -0.324. The third kappa shape index (κ3) is 6.20. The Labute approximate surface area is 181 Å². The van der Waals surface area contributed by atoms with Gasteiger partial charge in [0, 0.05) is 57.3 Å². The highest BCUT2D eigenvalue weighted by Crippen LogP contribution is 2.29. The summed E-state index contributed by atoms with van der Waals surface area (Å²) in [4.78, 5) is 31.5. The second kappa shape index (κ2) is 10.5. The van der Waals surface area contributed by atoms with Gasteiger partial charge in [-0.3, -0.25) is 14.5 Å². The maximum Gasteiger partial charge on any atom is 0.416 e. The van der Waals surface area contributed by atoms with Crippen LogP contribution in [0.4, 0.5) is 13.2 Å². The van der Waals surface area contributed by atoms with Crippen LogP contribution in [0.3, 0.4) is 0 Å². The van der Waals surface area contributed by atoms with E-state index in [1.54, 1.807) is 9.80 Å². The van der Waals surface area contributed by atoms with Gasteiger partial charge >= 0.3 is 6.18 Å². The molecular formula is C22H31F3N4O2. The molecule has 0 radical (unpaired) electrons. The van der Waals surface area contributed by atoms with Crippen LogP contribution >= 0.6 is 0 Å².